The molecule has 0 aliphatic carbocycles. The summed E-state index contributed by atoms with van der Waals surface area (Å²) in [7, 11) is 3.33. The highest BCUT2D eigenvalue weighted by atomic mass is 32.2. The molecule has 1 heterocycles. The molecule has 2 nitrogen and oxygen atoms in total. The second-order valence-corrected chi connectivity index (χ2v) is 7.49. The van der Waals surface area contributed by atoms with Crippen molar-refractivity contribution in [3.63, 3.8) is 0 Å². The molecule has 0 aromatic heterocycles. The van der Waals surface area contributed by atoms with Crippen LogP contribution < -0.4 is 9.47 Å². The fourth-order valence-corrected chi connectivity index (χ4v) is 5.18. The second-order valence-electron chi connectivity index (χ2n) is 5.35. The average Bonchev–Trinajstić information content (AvgIpc) is 2.65. The van der Waals surface area contributed by atoms with Crippen LogP contribution in [0, 0.1) is 0 Å². The molecule has 0 saturated heterocycles. The van der Waals surface area contributed by atoms with Crippen molar-refractivity contribution in [2.75, 3.05) is 14.2 Å². The number of rotatable bonds is 3. The molecule has 0 atom stereocenters. The minimum atomic E-state index is 0.749. The number of methoxy groups -OCH3 is 2. The Balaban J connectivity index is 1.82. The summed E-state index contributed by atoms with van der Waals surface area (Å²) in [5.41, 5.74) is 2.36. The van der Waals surface area contributed by atoms with Crippen LogP contribution in [0.2, 0.25) is 0 Å². The van der Waals surface area contributed by atoms with E-state index in [2.05, 4.69) is 48.5 Å². The van der Waals surface area contributed by atoms with Crippen LogP contribution in [0.5, 0.6) is 11.5 Å². The Morgan fingerprint density at radius 1 is 0.667 bits per heavy atom. The van der Waals surface area contributed by atoms with Crippen LogP contribution in [-0.2, 0) is 0 Å². The van der Waals surface area contributed by atoms with Crippen LogP contribution >= 0.6 is 23.5 Å². The maximum absolute atomic E-state index is 5.46. The first-order chi connectivity index (χ1) is 11.8. The first-order valence-electron chi connectivity index (χ1n) is 7.60. The first kappa shape index (κ1) is 15.5. The molecule has 0 radical (unpaired) electrons. The highest BCUT2D eigenvalue weighted by molar-refractivity contribution is 8.05. The van der Waals surface area contributed by atoms with E-state index in [-0.39, 0.29) is 0 Å². The lowest BCUT2D eigenvalue weighted by atomic mass is 10.0. The standard InChI is InChI=1S/C20H16O2S2/c1-21-15-11-10-13(12-16(15)22-2)14-6-5-9-19-20(14)24-18-8-4-3-7-17(18)23-19/h3-12H,1-2H3. The zero-order valence-electron chi connectivity index (χ0n) is 13.4. The van der Waals surface area contributed by atoms with Crippen molar-refractivity contribution >= 4 is 23.5 Å². The van der Waals surface area contributed by atoms with Gasteiger partial charge in [0.2, 0.25) is 0 Å². The highest BCUT2D eigenvalue weighted by Gasteiger charge is 2.20. The van der Waals surface area contributed by atoms with Crippen LogP contribution in [-0.4, -0.2) is 14.2 Å². The Hall–Kier alpha value is -2.04. The van der Waals surface area contributed by atoms with Gasteiger partial charge in [-0.05, 0) is 41.5 Å². The van der Waals surface area contributed by atoms with Crippen molar-refractivity contribution in [1.29, 1.82) is 0 Å². The van der Waals surface area contributed by atoms with E-state index in [1.807, 2.05) is 35.7 Å². The average molecular weight is 352 g/mol. The van der Waals surface area contributed by atoms with Crippen LogP contribution in [0.1, 0.15) is 0 Å². The Bertz CT molecular complexity index is 906. The number of fused-ring (bicyclic) bond motifs is 2. The first-order valence-corrected chi connectivity index (χ1v) is 9.23. The lowest BCUT2D eigenvalue weighted by molar-refractivity contribution is 0.355. The molecule has 0 unspecified atom stereocenters. The second kappa shape index (κ2) is 6.46. The van der Waals surface area contributed by atoms with E-state index < -0.39 is 0 Å². The minimum Gasteiger partial charge on any atom is -0.493 e. The van der Waals surface area contributed by atoms with Crippen molar-refractivity contribution in [2.45, 2.75) is 19.6 Å². The van der Waals surface area contributed by atoms with Crippen LogP contribution in [0.15, 0.2) is 80.2 Å². The monoisotopic (exact) mass is 352 g/mol. The van der Waals surface area contributed by atoms with Crippen molar-refractivity contribution in [3.05, 3.63) is 60.7 Å². The summed E-state index contributed by atoms with van der Waals surface area (Å²) in [4.78, 5) is 5.22. The molecule has 1 aliphatic heterocycles. The molecule has 0 saturated carbocycles. The molecular weight excluding hydrogens is 336 g/mol. The third-order valence-electron chi connectivity index (χ3n) is 3.95. The quantitative estimate of drug-likeness (QED) is 0.451. The van der Waals surface area contributed by atoms with E-state index in [4.69, 9.17) is 9.47 Å². The van der Waals surface area contributed by atoms with Crippen LogP contribution in [0.3, 0.4) is 0 Å². The fourth-order valence-electron chi connectivity index (χ4n) is 2.78. The van der Waals surface area contributed by atoms with E-state index in [0.717, 1.165) is 17.1 Å². The molecule has 3 aromatic carbocycles. The Labute approximate surface area is 150 Å². The summed E-state index contributed by atoms with van der Waals surface area (Å²) < 4.78 is 10.8. The molecule has 4 heteroatoms. The Kier molecular flexibility index (Phi) is 4.17. The van der Waals surface area contributed by atoms with Gasteiger partial charge in [-0.15, -0.1) is 0 Å². The van der Waals surface area contributed by atoms with Gasteiger partial charge >= 0.3 is 0 Å². The molecule has 3 aromatic rings. The molecule has 0 N–H and O–H groups in total. The van der Waals surface area contributed by atoms with E-state index in [9.17, 15) is 0 Å². The third-order valence-corrected chi connectivity index (χ3v) is 6.57. The van der Waals surface area contributed by atoms with Crippen molar-refractivity contribution in [3.8, 4) is 22.6 Å². The third kappa shape index (κ3) is 2.66. The van der Waals surface area contributed by atoms with Gasteiger partial charge < -0.3 is 9.47 Å². The summed E-state index contributed by atoms with van der Waals surface area (Å²) in [5, 5.41) is 0. The predicted molar refractivity (Wildman–Crippen MR) is 99.7 cm³/mol. The summed E-state index contributed by atoms with van der Waals surface area (Å²) in [5.74, 6) is 1.50. The van der Waals surface area contributed by atoms with Gasteiger partial charge in [0.25, 0.3) is 0 Å². The molecule has 0 fully saturated rings. The molecule has 1 aliphatic rings. The van der Waals surface area contributed by atoms with Crippen LogP contribution in [0.25, 0.3) is 11.1 Å². The Morgan fingerprint density at radius 2 is 1.38 bits per heavy atom. The topological polar surface area (TPSA) is 18.5 Å². The lowest BCUT2D eigenvalue weighted by Crippen LogP contribution is -1.94. The summed E-state index contributed by atoms with van der Waals surface area (Å²) in [6.45, 7) is 0. The van der Waals surface area contributed by atoms with Crippen molar-refractivity contribution in [1.82, 2.24) is 0 Å². The van der Waals surface area contributed by atoms with E-state index in [1.165, 1.54) is 25.1 Å². The molecule has 120 valence electrons. The van der Waals surface area contributed by atoms with Gasteiger partial charge in [-0.25, -0.2) is 0 Å². The van der Waals surface area contributed by atoms with Crippen molar-refractivity contribution in [2.24, 2.45) is 0 Å². The minimum absolute atomic E-state index is 0.749. The van der Waals surface area contributed by atoms with Gasteiger partial charge in [0.15, 0.2) is 11.5 Å². The summed E-state index contributed by atoms with van der Waals surface area (Å²) in [6.07, 6.45) is 0. The largest absolute Gasteiger partial charge is 0.493 e. The molecular formula is C20H16O2S2. The predicted octanol–water partition coefficient (Wildman–Crippen LogP) is 5.99. The number of hydrogen-bond acceptors (Lipinski definition) is 4. The van der Waals surface area contributed by atoms with E-state index >= 15 is 0 Å². The van der Waals surface area contributed by atoms with Gasteiger partial charge in [-0.3, -0.25) is 0 Å². The number of ether oxygens (including phenoxy) is 2. The zero-order valence-corrected chi connectivity index (χ0v) is 15.0. The number of hydrogen-bond donors (Lipinski definition) is 0. The molecule has 0 spiro atoms. The van der Waals surface area contributed by atoms with Gasteiger partial charge in [0.1, 0.15) is 0 Å². The summed E-state index contributed by atoms with van der Waals surface area (Å²) in [6, 6.07) is 21.1. The van der Waals surface area contributed by atoms with Crippen molar-refractivity contribution < 1.29 is 9.47 Å². The fraction of sp³-hybridized carbons (Fsp3) is 0.100. The van der Waals surface area contributed by atoms with Gasteiger partial charge in [0, 0.05) is 19.6 Å². The molecule has 0 amide bonds. The maximum Gasteiger partial charge on any atom is 0.161 e. The van der Waals surface area contributed by atoms with E-state index in [1.54, 1.807) is 14.2 Å². The zero-order chi connectivity index (χ0) is 16.5. The van der Waals surface area contributed by atoms with Gasteiger partial charge in [0.05, 0.1) is 14.2 Å². The SMILES string of the molecule is COc1ccc(-c2cccc3c2Sc2ccccc2S3)cc1OC. The highest BCUT2D eigenvalue weighted by Crippen LogP contribution is 2.51. The van der Waals surface area contributed by atoms with Gasteiger partial charge in [-0.2, -0.15) is 0 Å². The lowest BCUT2D eigenvalue weighted by Gasteiger charge is -2.21. The van der Waals surface area contributed by atoms with E-state index in [0.29, 0.717) is 0 Å². The number of benzene rings is 3. The molecule has 0 bridgehead atoms. The van der Waals surface area contributed by atoms with Crippen LogP contribution in [0.4, 0.5) is 0 Å². The normalized spacial score (nSPS) is 12.2. The van der Waals surface area contributed by atoms with Gasteiger partial charge in [-0.1, -0.05) is 53.9 Å². The summed E-state index contributed by atoms with van der Waals surface area (Å²) >= 11 is 3.67. The molecule has 4 rings (SSSR count). The smallest absolute Gasteiger partial charge is 0.161 e. The maximum atomic E-state index is 5.46. The Morgan fingerprint density at radius 3 is 2.12 bits per heavy atom. The molecule has 24 heavy (non-hydrogen) atoms.